The molecule has 1 fully saturated rings. The molecule has 0 unspecified atom stereocenters. The van der Waals surface area contributed by atoms with Gasteiger partial charge in [0.2, 0.25) is 0 Å². The summed E-state index contributed by atoms with van der Waals surface area (Å²) in [6.45, 7) is 6.71. The lowest BCUT2D eigenvalue weighted by Gasteiger charge is -2.38. The van der Waals surface area contributed by atoms with E-state index in [1.165, 1.54) is 6.07 Å². The summed E-state index contributed by atoms with van der Waals surface area (Å²) in [5, 5.41) is 3.15. The highest BCUT2D eigenvalue weighted by molar-refractivity contribution is 6.01. The summed E-state index contributed by atoms with van der Waals surface area (Å²) in [4.78, 5) is 18.5. The predicted molar refractivity (Wildman–Crippen MR) is 149 cm³/mol. The maximum atomic E-state index is 13.2. The second-order valence-electron chi connectivity index (χ2n) is 10.2. The molecule has 1 aromatic carbocycles. The molecule has 4 aliphatic heterocycles. The number of carbonyl (C=O) groups is 1. The number of hydrogen-bond acceptors (Lipinski definition) is 5. The molecule has 1 N–H and O–H groups in total. The number of amides is 1. The molecule has 1 saturated heterocycles. The Bertz CT molecular complexity index is 1500. The maximum absolute atomic E-state index is 13.2. The van der Waals surface area contributed by atoms with Crippen LogP contribution in [0.25, 0.3) is 5.57 Å². The van der Waals surface area contributed by atoms with E-state index < -0.39 is 18.6 Å². The van der Waals surface area contributed by atoms with Crippen molar-refractivity contribution in [1.29, 1.82) is 0 Å². The second kappa shape index (κ2) is 11.8. The predicted octanol–water partition coefficient (Wildman–Crippen LogP) is 5.15. The number of ether oxygens (including phenoxy) is 2. The minimum absolute atomic E-state index is 0.0956. The Morgan fingerprint density at radius 3 is 2.55 bits per heavy atom. The Morgan fingerprint density at radius 2 is 1.88 bits per heavy atom. The van der Waals surface area contributed by atoms with E-state index in [9.17, 15) is 22.4 Å². The van der Waals surface area contributed by atoms with Gasteiger partial charge in [0, 0.05) is 48.0 Å². The van der Waals surface area contributed by atoms with Gasteiger partial charge in [0.1, 0.15) is 30.5 Å². The van der Waals surface area contributed by atoms with Gasteiger partial charge >= 0.3 is 6.18 Å². The topological polar surface area (TPSA) is 73.5 Å². The highest BCUT2D eigenvalue weighted by atomic mass is 19.4. The van der Waals surface area contributed by atoms with E-state index in [1.54, 1.807) is 24.0 Å². The van der Waals surface area contributed by atoms with Crippen molar-refractivity contribution in [1.82, 2.24) is 24.6 Å². The van der Waals surface area contributed by atoms with Crippen LogP contribution in [0.2, 0.25) is 0 Å². The molecule has 0 saturated carbocycles. The molecule has 0 aliphatic carbocycles. The van der Waals surface area contributed by atoms with Crippen molar-refractivity contribution in [2.75, 3.05) is 26.4 Å². The zero-order valence-electron chi connectivity index (χ0n) is 24.1. The Balaban J connectivity index is 0.000000210. The Hall–Kier alpha value is -3.80. The van der Waals surface area contributed by atoms with Crippen LogP contribution in [-0.2, 0) is 37.8 Å². The fraction of sp³-hybridized carbons (Fsp3) is 0.467. The van der Waals surface area contributed by atoms with E-state index in [4.69, 9.17) is 9.47 Å². The minimum Gasteiger partial charge on any atom is -0.493 e. The van der Waals surface area contributed by atoms with Gasteiger partial charge in [-0.25, -0.2) is 4.39 Å². The average molecular weight is 590 g/mol. The third kappa shape index (κ3) is 5.39. The Kier molecular flexibility index (Phi) is 8.36. The van der Waals surface area contributed by atoms with Gasteiger partial charge in [-0.05, 0) is 30.2 Å². The van der Waals surface area contributed by atoms with Crippen LogP contribution in [0.15, 0.2) is 30.5 Å². The van der Waals surface area contributed by atoms with Crippen molar-refractivity contribution in [2.45, 2.75) is 58.9 Å². The third-order valence-corrected chi connectivity index (χ3v) is 7.75. The van der Waals surface area contributed by atoms with Gasteiger partial charge in [-0.1, -0.05) is 26.8 Å². The second-order valence-corrected chi connectivity index (χ2v) is 10.2. The van der Waals surface area contributed by atoms with Crippen molar-refractivity contribution in [3.63, 3.8) is 0 Å². The fourth-order valence-electron chi connectivity index (χ4n) is 5.66. The molecule has 3 aromatic rings. The van der Waals surface area contributed by atoms with Crippen molar-refractivity contribution in [2.24, 2.45) is 7.05 Å². The van der Waals surface area contributed by atoms with Gasteiger partial charge in [-0.3, -0.25) is 19.1 Å². The maximum Gasteiger partial charge on any atom is 0.406 e. The van der Waals surface area contributed by atoms with E-state index >= 15 is 0 Å². The van der Waals surface area contributed by atoms with Gasteiger partial charge in [-0.2, -0.15) is 13.2 Å². The quantitative estimate of drug-likeness (QED) is 0.428. The molecule has 8 nitrogen and oxygen atoms in total. The smallest absolute Gasteiger partial charge is 0.406 e. The lowest BCUT2D eigenvalue weighted by Crippen LogP contribution is -2.47. The van der Waals surface area contributed by atoms with Gasteiger partial charge in [0.25, 0.3) is 5.91 Å². The van der Waals surface area contributed by atoms with Crippen LogP contribution < -0.4 is 10.1 Å². The average Bonchev–Trinajstić information content (AvgIpc) is 3.41. The normalized spacial score (nSPS) is 17.0. The molecule has 42 heavy (non-hydrogen) atoms. The zero-order valence-corrected chi connectivity index (χ0v) is 24.1. The van der Waals surface area contributed by atoms with E-state index in [2.05, 4.69) is 10.3 Å². The third-order valence-electron chi connectivity index (χ3n) is 7.75. The van der Waals surface area contributed by atoms with Crippen LogP contribution in [0.4, 0.5) is 17.6 Å². The summed E-state index contributed by atoms with van der Waals surface area (Å²) in [7, 11) is 1.67. The molecule has 2 aromatic heterocycles. The fourth-order valence-corrected chi connectivity index (χ4v) is 5.66. The molecule has 1 amide bonds. The number of fused-ring (bicyclic) bond motifs is 3. The van der Waals surface area contributed by atoms with Crippen LogP contribution in [-0.4, -0.2) is 57.7 Å². The van der Waals surface area contributed by atoms with Crippen LogP contribution in [0.1, 0.15) is 70.9 Å². The molecular weight excluding hydrogens is 554 g/mol. The van der Waals surface area contributed by atoms with Crippen molar-refractivity contribution >= 4 is 11.5 Å². The molecule has 0 atom stereocenters. The number of alkyl halides is 3. The Morgan fingerprint density at radius 1 is 1.12 bits per heavy atom. The molecule has 0 radical (unpaired) electrons. The summed E-state index contributed by atoms with van der Waals surface area (Å²) in [6, 6.07) is 6.99. The van der Waals surface area contributed by atoms with Crippen LogP contribution in [0.5, 0.6) is 5.75 Å². The number of halogens is 4. The SMILES string of the molecule is CC.CCc1c(F)ccc2c1CCO2.Cn1c2c3n1CNC=C3c1ccc(C3COC3)nc1CN(CC(F)(F)F)C2=O. The minimum atomic E-state index is -4.49. The van der Waals surface area contributed by atoms with E-state index in [-0.39, 0.29) is 24.0 Å². The first kappa shape index (κ1) is 29.7. The standard InChI is InChI=1S/C18H18F3N5O2.C10H11FO.C2H6/c1-24-16-15-12(4-22-9-26(15)24)11-2-3-13(10-6-28-7-10)23-14(11)5-25(17(16)27)8-18(19,20)21;1-2-7-8-5-6-12-10(8)4-3-9(7)11;1-2/h2-4,10,22H,5-9H2,1H3;3-4H,2,5-6H2,1H3;1-2H3. The highest BCUT2D eigenvalue weighted by Crippen LogP contribution is 2.37. The lowest BCUT2D eigenvalue weighted by molar-refractivity contribution is -0.141. The van der Waals surface area contributed by atoms with Gasteiger partial charge < -0.3 is 19.7 Å². The number of pyridine rings is 1. The summed E-state index contributed by atoms with van der Waals surface area (Å²) in [6.07, 6.45) is -1.08. The lowest BCUT2D eigenvalue weighted by atomic mass is 9.93. The van der Waals surface area contributed by atoms with Crippen molar-refractivity contribution in [3.05, 3.63) is 75.7 Å². The molecule has 6 heterocycles. The first-order chi connectivity index (χ1) is 20.2. The molecular formula is C30H35F4N5O3. The number of hydrogen-bond donors (Lipinski definition) is 1. The van der Waals surface area contributed by atoms with Crippen molar-refractivity contribution in [3.8, 4) is 5.75 Å². The zero-order chi connectivity index (χ0) is 30.2. The molecule has 7 rings (SSSR count). The molecule has 12 heteroatoms. The summed E-state index contributed by atoms with van der Waals surface area (Å²) in [5.41, 5.74) is 5.58. The van der Waals surface area contributed by atoms with Crippen molar-refractivity contribution < 1.29 is 31.8 Å². The monoisotopic (exact) mass is 589 g/mol. The number of rotatable bonds is 3. The summed E-state index contributed by atoms with van der Waals surface area (Å²) >= 11 is 0. The van der Waals surface area contributed by atoms with Gasteiger partial charge in [-0.15, -0.1) is 0 Å². The van der Waals surface area contributed by atoms with Crippen LogP contribution >= 0.6 is 0 Å². The van der Waals surface area contributed by atoms with E-state index in [1.807, 2.05) is 37.6 Å². The number of nitrogens with zero attached hydrogens (tertiary/aromatic N) is 4. The van der Waals surface area contributed by atoms with Gasteiger partial charge in [0.05, 0.1) is 37.8 Å². The number of nitrogens with one attached hydrogen (secondary N) is 1. The first-order valence-corrected chi connectivity index (χ1v) is 14.2. The molecule has 226 valence electrons. The van der Waals surface area contributed by atoms with Crippen LogP contribution in [0, 0.1) is 5.82 Å². The largest absolute Gasteiger partial charge is 0.493 e. The van der Waals surface area contributed by atoms with E-state index in [0.29, 0.717) is 37.9 Å². The first-order valence-electron chi connectivity index (χ1n) is 14.2. The number of benzene rings is 1. The molecule has 4 aliphatic rings. The highest BCUT2D eigenvalue weighted by Gasteiger charge is 2.40. The summed E-state index contributed by atoms with van der Waals surface area (Å²) in [5.74, 6) is 0.279. The Labute approximate surface area is 241 Å². The molecule has 0 bridgehead atoms. The number of aromatic nitrogens is 3. The van der Waals surface area contributed by atoms with E-state index in [0.717, 1.165) is 51.4 Å². The van der Waals surface area contributed by atoms with Gasteiger partial charge in [0.15, 0.2) is 0 Å². The van der Waals surface area contributed by atoms with Crippen LogP contribution in [0.3, 0.4) is 0 Å². The molecule has 0 spiro atoms. The number of carbonyl (C=O) groups excluding carboxylic acids is 1. The summed E-state index contributed by atoms with van der Waals surface area (Å²) < 4.78 is 66.7.